The molecule has 106 valence electrons. The number of halogens is 1. The normalized spacial score (nSPS) is 10.5. The van der Waals surface area contributed by atoms with Gasteiger partial charge in [-0.05, 0) is 47.4 Å². The van der Waals surface area contributed by atoms with Crippen LogP contribution in [0.25, 0.3) is 10.2 Å². The molecule has 1 heterocycles. The maximum Gasteiger partial charge on any atom is 0.319 e. The summed E-state index contributed by atoms with van der Waals surface area (Å²) < 4.78 is 4.84. The first-order valence-electron chi connectivity index (χ1n) is 6.22. The number of amides is 2. The largest absolute Gasteiger partial charge is 0.334 e. The number of fused-ring (bicyclic) bond motifs is 1. The van der Waals surface area contributed by atoms with Gasteiger partial charge in [0.2, 0.25) is 0 Å². The fourth-order valence-corrected chi connectivity index (χ4v) is 2.62. The molecule has 0 atom stereocenters. The number of rotatable bonds is 3. The van der Waals surface area contributed by atoms with Gasteiger partial charge in [-0.1, -0.05) is 28.2 Å². The lowest BCUT2D eigenvalue weighted by atomic mass is 10.2. The van der Waals surface area contributed by atoms with Crippen LogP contribution in [0.4, 0.5) is 10.5 Å². The van der Waals surface area contributed by atoms with Crippen molar-refractivity contribution in [2.45, 2.75) is 6.54 Å². The molecular weight excluding hydrogens is 308 g/mol. The van der Waals surface area contributed by atoms with Crippen LogP contribution < -0.4 is 10.6 Å². The van der Waals surface area contributed by atoms with Crippen molar-refractivity contribution in [3.05, 3.63) is 53.1 Å². The van der Waals surface area contributed by atoms with Gasteiger partial charge < -0.3 is 10.6 Å². The summed E-state index contributed by atoms with van der Waals surface area (Å²) in [5.41, 5.74) is 2.39. The van der Waals surface area contributed by atoms with Crippen molar-refractivity contribution >= 4 is 45.1 Å². The highest BCUT2D eigenvalue weighted by molar-refractivity contribution is 7.12. The van der Waals surface area contributed by atoms with Gasteiger partial charge in [0.15, 0.2) is 0 Å². The van der Waals surface area contributed by atoms with Gasteiger partial charge >= 0.3 is 6.03 Å². The van der Waals surface area contributed by atoms with E-state index in [0.717, 1.165) is 15.8 Å². The standard InChI is InChI=1S/C14H11ClN4OS/c15-10-3-1-2-9(6-10)8-16-14(20)17-11-4-5-13-12(7-11)18-19-21-13/h1-7H,8H2,(H2,16,17,20). The van der Waals surface area contributed by atoms with Gasteiger partial charge in [0.05, 0.1) is 4.70 Å². The molecule has 2 aromatic carbocycles. The molecule has 0 unspecified atom stereocenters. The molecule has 3 rings (SSSR count). The summed E-state index contributed by atoms with van der Waals surface area (Å²) in [6.07, 6.45) is 0. The van der Waals surface area contributed by atoms with Gasteiger partial charge in [-0.15, -0.1) is 5.10 Å². The molecule has 21 heavy (non-hydrogen) atoms. The smallest absolute Gasteiger partial charge is 0.319 e. The van der Waals surface area contributed by atoms with E-state index in [2.05, 4.69) is 20.2 Å². The minimum absolute atomic E-state index is 0.280. The molecule has 1 aromatic heterocycles. The third-order valence-corrected chi connectivity index (χ3v) is 3.79. The molecule has 3 aromatic rings. The second-order valence-corrected chi connectivity index (χ2v) is 5.62. The predicted molar refractivity (Wildman–Crippen MR) is 84.7 cm³/mol. The highest BCUT2D eigenvalue weighted by atomic mass is 35.5. The lowest BCUT2D eigenvalue weighted by molar-refractivity contribution is 0.251. The molecule has 0 aliphatic carbocycles. The molecule has 0 fully saturated rings. The molecule has 0 aliphatic heterocycles. The van der Waals surface area contributed by atoms with Gasteiger partial charge in [-0.3, -0.25) is 0 Å². The van der Waals surface area contributed by atoms with E-state index in [9.17, 15) is 4.79 Å². The van der Waals surface area contributed by atoms with Gasteiger partial charge in [0, 0.05) is 17.3 Å². The number of benzene rings is 2. The van der Waals surface area contributed by atoms with Crippen molar-refractivity contribution in [2.75, 3.05) is 5.32 Å². The zero-order chi connectivity index (χ0) is 14.7. The van der Waals surface area contributed by atoms with Crippen molar-refractivity contribution in [3.63, 3.8) is 0 Å². The van der Waals surface area contributed by atoms with E-state index >= 15 is 0 Å². The first-order chi connectivity index (χ1) is 10.2. The van der Waals surface area contributed by atoms with Crippen molar-refractivity contribution in [1.82, 2.24) is 14.9 Å². The summed E-state index contributed by atoms with van der Waals surface area (Å²) >= 11 is 7.22. The monoisotopic (exact) mass is 318 g/mol. The van der Waals surface area contributed by atoms with Gasteiger partial charge in [0.25, 0.3) is 0 Å². The Kier molecular flexibility index (Phi) is 3.98. The number of carbonyl (C=O) groups is 1. The highest BCUT2D eigenvalue weighted by Gasteiger charge is 2.04. The summed E-state index contributed by atoms with van der Waals surface area (Å²) in [4.78, 5) is 11.9. The fraction of sp³-hybridized carbons (Fsp3) is 0.0714. The Bertz CT molecular complexity index is 789. The van der Waals surface area contributed by atoms with E-state index in [-0.39, 0.29) is 6.03 Å². The zero-order valence-corrected chi connectivity index (χ0v) is 12.4. The lowest BCUT2D eigenvalue weighted by Gasteiger charge is -2.07. The van der Waals surface area contributed by atoms with Crippen LogP contribution in [0.3, 0.4) is 0 Å². The predicted octanol–water partition coefficient (Wildman–Crippen LogP) is 3.67. The first kappa shape index (κ1) is 13.8. The van der Waals surface area contributed by atoms with Crippen LogP contribution in [0.15, 0.2) is 42.5 Å². The molecule has 2 amide bonds. The summed E-state index contributed by atoms with van der Waals surface area (Å²) in [6.45, 7) is 0.410. The Labute approximate surface area is 130 Å². The molecule has 0 saturated heterocycles. The molecule has 7 heteroatoms. The second kappa shape index (κ2) is 6.07. The summed E-state index contributed by atoms with van der Waals surface area (Å²) in [5, 5.41) is 10.2. The molecule has 5 nitrogen and oxygen atoms in total. The quantitative estimate of drug-likeness (QED) is 0.774. The van der Waals surface area contributed by atoms with Crippen molar-refractivity contribution in [1.29, 1.82) is 0 Å². The molecule has 0 spiro atoms. The molecule has 2 N–H and O–H groups in total. The van der Waals surface area contributed by atoms with Crippen LogP contribution in [-0.2, 0) is 6.54 Å². The van der Waals surface area contributed by atoms with E-state index < -0.39 is 0 Å². The Morgan fingerprint density at radius 1 is 1.24 bits per heavy atom. The molecule has 0 saturated carbocycles. The number of hydrogen-bond acceptors (Lipinski definition) is 4. The zero-order valence-electron chi connectivity index (χ0n) is 10.8. The van der Waals surface area contributed by atoms with Crippen LogP contribution in [0.2, 0.25) is 5.02 Å². The third-order valence-electron chi connectivity index (χ3n) is 2.85. The van der Waals surface area contributed by atoms with Crippen LogP contribution in [0.1, 0.15) is 5.56 Å². The van der Waals surface area contributed by atoms with Crippen LogP contribution in [-0.4, -0.2) is 15.6 Å². The lowest BCUT2D eigenvalue weighted by Crippen LogP contribution is -2.28. The van der Waals surface area contributed by atoms with Gasteiger partial charge in [-0.2, -0.15) is 0 Å². The van der Waals surface area contributed by atoms with Crippen molar-refractivity contribution in [2.24, 2.45) is 0 Å². The Hall–Kier alpha value is -2.18. The van der Waals surface area contributed by atoms with E-state index in [1.165, 1.54) is 11.5 Å². The molecule has 0 aliphatic rings. The molecular formula is C14H11ClN4OS. The summed E-state index contributed by atoms with van der Waals surface area (Å²) in [6, 6.07) is 12.6. The number of carbonyl (C=O) groups excluding carboxylic acids is 1. The Balaban J connectivity index is 1.60. The van der Waals surface area contributed by atoms with Gasteiger partial charge in [0.1, 0.15) is 5.52 Å². The Morgan fingerprint density at radius 2 is 2.14 bits per heavy atom. The number of hydrogen-bond donors (Lipinski definition) is 2. The molecule has 0 bridgehead atoms. The third kappa shape index (κ3) is 3.48. The van der Waals surface area contributed by atoms with Crippen LogP contribution in [0, 0.1) is 0 Å². The maximum absolute atomic E-state index is 11.9. The van der Waals surface area contributed by atoms with E-state index in [1.807, 2.05) is 30.3 Å². The number of anilines is 1. The second-order valence-electron chi connectivity index (χ2n) is 4.39. The SMILES string of the molecule is O=C(NCc1cccc(Cl)c1)Nc1ccc2snnc2c1. The highest BCUT2D eigenvalue weighted by Crippen LogP contribution is 2.19. The van der Waals surface area contributed by atoms with Crippen LogP contribution >= 0.6 is 23.1 Å². The number of urea groups is 1. The minimum atomic E-state index is -0.280. The van der Waals surface area contributed by atoms with Crippen LogP contribution in [0.5, 0.6) is 0 Å². The maximum atomic E-state index is 11.9. The fourth-order valence-electron chi connectivity index (χ4n) is 1.86. The average molecular weight is 319 g/mol. The van der Waals surface area contributed by atoms with Gasteiger partial charge in [-0.25, -0.2) is 4.79 Å². The first-order valence-corrected chi connectivity index (χ1v) is 7.37. The van der Waals surface area contributed by atoms with E-state index in [1.54, 1.807) is 12.1 Å². The van der Waals surface area contributed by atoms with Crippen molar-refractivity contribution < 1.29 is 4.79 Å². The van der Waals surface area contributed by atoms with Crippen molar-refractivity contribution in [3.8, 4) is 0 Å². The number of nitrogens with zero attached hydrogens (tertiary/aromatic N) is 2. The van der Waals surface area contributed by atoms with E-state index in [4.69, 9.17) is 11.6 Å². The topological polar surface area (TPSA) is 66.9 Å². The van der Waals surface area contributed by atoms with E-state index in [0.29, 0.717) is 17.3 Å². The Morgan fingerprint density at radius 3 is 3.00 bits per heavy atom. The summed E-state index contributed by atoms with van der Waals surface area (Å²) in [5.74, 6) is 0. The summed E-state index contributed by atoms with van der Waals surface area (Å²) in [7, 11) is 0. The molecule has 0 radical (unpaired) electrons. The average Bonchev–Trinajstić information content (AvgIpc) is 2.93. The number of nitrogens with one attached hydrogen (secondary N) is 2. The number of aromatic nitrogens is 2. The minimum Gasteiger partial charge on any atom is -0.334 e.